The van der Waals surface area contributed by atoms with Gasteiger partial charge in [-0.2, -0.15) is 10.5 Å². The van der Waals surface area contributed by atoms with E-state index in [0.29, 0.717) is 6.04 Å². The molecule has 1 fully saturated rings. The minimum absolute atomic E-state index is 0.475. The summed E-state index contributed by atoms with van der Waals surface area (Å²) < 4.78 is 0. The van der Waals surface area contributed by atoms with E-state index in [4.69, 9.17) is 0 Å². The van der Waals surface area contributed by atoms with Gasteiger partial charge in [0.1, 0.15) is 0 Å². The molecule has 53 valence electrons. The van der Waals surface area contributed by atoms with E-state index in [0.717, 1.165) is 12.3 Å². The molecule has 3 heteroatoms. The maximum atomic E-state index is 3.99. The van der Waals surface area contributed by atoms with Gasteiger partial charge in [-0.1, -0.05) is 0 Å². The summed E-state index contributed by atoms with van der Waals surface area (Å²) in [6, 6.07) is 0.475. The van der Waals surface area contributed by atoms with Gasteiger partial charge in [0.2, 0.25) is 0 Å². The minimum atomic E-state index is 0.475. The Kier molecular flexibility index (Phi) is 1.43. The number of rotatable bonds is 1. The van der Waals surface area contributed by atoms with E-state index in [1.54, 1.807) is 6.20 Å². The van der Waals surface area contributed by atoms with E-state index in [-0.39, 0.29) is 0 Å². The van der Waals surface area contributed by atoms with E-state index >= 15 is 0 Å². The highest BCUT2D eigenvalue weighted by atomic mass is 15.3. The number of hydrogen-bond donors (Lipinski definition) is 1. The van der Waals surface area contributed by atoms with Gasteiger partial charge in [-0.25, -0.2) is 0 Å². The molecule has 0 saturated carbocycles. The molecule has 1 saturated heterocycles. The molecule has 1 unspecified atom stereocenters. The summed E-state index contributed by atoms with van der Waals surface area (Å²) in [5.74, 6) is 0. The van der Waals surface area contributed by atoms with Gasteiger partial charge in [0, 0.05) is 0 Å². The molecule has 0 aromatic heterocycles. The summed E-state index contributed by atoms with van der Waals surface area (Å²) in [7, 11) is 0. The van der Waals surface area contributed by atoms with Gasteiger partial charge < -0.3 is 5.32 Å². The zero-order chi connectivity index (χ0) is 6.81. The Hall–Kier alpha value is -0.830. The molecule has 2 heterocycles. The smallest absolute Gasteiger partial charge is 0.0815 e. The van der Waals surface area contributed by atoms with Gasteiger partial charge in [0.15, 0.2) is 0 Å². The monoisotopic (exact) mass is 136 g/mol. The molecule has 2 rings (SSSR count). The van der Waals surface area contributed by atoms with Crippen LogP contribution in [0.1, 0.15) is 12.8 Å². The molecule has 0 amide bonds. The lowest BCUT2D eigenvalue weighted by atomic mass is 10.1. The van der Waals surface area contributed by atoms with Gasteiger partial charge in [-0.15, -0.1) is 0 Å². The molecular weight excluding hydrogens is 126 g/mol. The van der Waals surface area contributed by atoms with E-state index in [9.17, 15) is 0 Å². The molecule has 10 heavy (non-hydrogen) atoms. The Labute approximate surface area is 60.2 Å². The van der Waals surface area contributed by atoms with Gasteiger partial charge in [0.25, 0.3) is 0 Å². The van der Waals surface area contributed by atoms with Crippen LogP contribution in [0, 0.1) is 0 Å². The fraction of sp³-hybridized carbons (Fsp3) is 0.571. The molecule has 0 aliphatic carbocycles. The molecule has 2 aliphatic heterocycles. The van der Waals surface area contributed by atoms with Crippen LogP contribution >= 0.6 is 0 Å². The summed E-state index contributed by atoms with van der Waals surface area (Å²) in [5, 5.41) is 7.34. The first-order chi connectivity index (χ1) is 4.97. The highest BCUT2D eigenvalue weighted by Gasteiger charge is 2.19. The first-order valence-corrected chi connectivity index (χ1v) is 3.64. The van der Waals surface area contributed by atoms with Crippen LogP contribution < -0.4 is 10.7 Å². The minimum Gasteiger partial charge on any atom is -0.309 e. The standard InChI is InChI=1S/C7H10N3/c1-2-6(8-4-1)7-3-5-9-10-7/h3,5-6,8H,1-2,4H2. The summed E-state index contributed by atoms with van der Waals surface area (Å²) in [6.07, 6.45) is 6.19. The molecule has 2 aliphatic rings. The highest BCUT2D eigenvalue weighted by molar-refractivity contribution is 6.00. The van der Waals surface area contributed by atoms with Crippen molar-refractivity contribution in [2.45, 2.75) is 18.9 Å². The van der Waals surface area contributed by atoms with Crippen LogP contribution in [0.25, 0.3) is 0 Å². The summed E-state index contributed by atoms with van der Waals surface area (Å²) in [6.45, 7) is 1.12. The van der Waals surface area contributed by atoms with E-state index in [2.05, 4.69) is 15.8 Å². The van der Waals surface area contributed by atoms with E-state index in [1.165, 1.54) is 12.8 Å². The van der Waals surface area contributed by atoms with Gasteiger partial charge >= 0.3 is 0 Å². The molecule has 0 aromatic rings. The van der Waals surface area contributed by atoms with Crippen molar-refractivity contribution in [2.75, 3.05) is 6.54 Å². The van der Waals surface area contributed by atoms with E-state index < -0.39 is 0 Å². The summed E-state index contributed by atoms with van der Waals surface area (Å²) in [5.41, 5.74) is 4.87. The Balaban J connectivity index is 2.03. The Bertz CT molecular complexity index is 177. The van der Waals surface area contributed by atoms with Crippen molar-refractivity contribution in [3.63, 3.8) is 0 Å². The Morgan fingerprint density at radius 2 is 2.60 bits per heavy atom. The summed E-state index contributed by atoms with van der Waals surface area (Å²) >= 11 is 0. The predicted octanol–water partition coefficient (Wildman–Crippen LogP) is 0.226. The third-order valence-corrected chi connectivity index (χ3v) is 1.90. The first-order valence-electron chi connectivity index (χ1n) is 3.64. The van der Waals surface area contributed by atoms with Gasteiger partial charge in [-0.05, 0) is 25.5 Å². The molecule has 0 bridgehead atoms. The van der Waals surface area contributed by atoms with Crippen molar-refractivity contribution < 1.29 is 0 Å². The lowest BCUT2D eigenvalue weighted by molar-refractivity contribution is 0.759. The van der Waals surface area contributed by atoms with Crippen molar-refractivity contribution >= 4 is 5.71 Å². The predicted molar refractivity (Wildman–Crippen MR) is 39.7 cm³/mol. The third kappa shape index (κ3) is 0.926. The van der Waals surface area contributed by atoms with Gasteiger partial charge in [-0.3, -0.25) is 0 Å². The number of hydrogen-bond acceptors (Lipinski definition) is 2. The molecule has 1 N–H and O–H groups in total. The van der Waals surface area contributed by atoms with Crippen LogP contribution in [-0.2, 0) is 0 Å². The molecule has 1 radical (unpaired) electrons. The van der Waals surface area contributed by atoms with Crippen molar-refractivity contribution in [3.05, 3.63) is 12.3 Å². The van der Waals surface area contributed by atoms with Crippen LogP contribution in [0.15, 0.2) is 17.4 Å². The number of nitrogens with one attached hydrogen (secondary N) is 1. The third-order valence-electron chi connectivity index (χ3n) is 1.90. The zero-order valence-electron chi connectivity index (χ0n) is 5.75. The quantitative estimate of drug-likeness (QED) is 0.550. The molecular formula is C7H10N3. The maximum Gasteiger partial charge on any atom is 0.0815 e. The second-order valence-electron chi connectivity index (χ2n) is 2.61. The maximum absolute atomic E-state index is 3.99. The van der Waals surface area contributed by atoms with Crippen LogP contribution in [-0.4, -0.2) is 18.3 Å². The average Bonchev–Trinajstić information content (AvgIpc) is 2.59. The molecule has 0 aromatic carbocycles. The van der Waals surface area contributed by atoms with Crippen molar-refractivity contribution in [3.8, 4) is 0 Å². The van der Waals surface area contributed by atoms with Crippen LogP contribution in [0.5, 0.6) is 0 Å². The summed E-state index contributed by atoms with van der Waals surface area (Å²) in [4.78, 5) is 0. The van der Waals surface area contributed by atoms with Crippen molar-refractivity contribution in [1.29, 1.82) is 0 Å². The zero-order valence-corrected chi connectivity index (χ0v) is 5.75. The van der Waals surface area contributed by atoms with Crippen molar-refractivity contribution in [1.82, 2.24) is 10.7 Å². The molecule has 0 spiro atoms. The lowest BCUT2D eigenvalue weighted by Gasteiger charge is -2.05. The van der Waals surface area contributed by atoms with Crippen LogP contribution in [0.2, 0.25) is 0 Å². The highest BCUT2D eigenvalue weighted by Crippen LogP contribution is 2.09. The molecule has 3 nitrogen and oxygen atoms in total. The SMILES string of the molecule is C1=CC(C2CCCN2)=N[N]1. The average molecular weight is 136 g/mol. The van der Waals surface area contributed by atoms with Crippen LogP contribution in [0.4, 0.5) is 0 Å². The lowest BCUT2D eigenvalue weighted by Crippen LogP contribution is -2.28. The normalized spacial score (nSPS) is 30.4. The first kappa shape index (κ1) is 5.92. The second kappa shape index (κ2) is 2.42. The topological polar surface area (TPSA) is 38.5 Å². The fourth-order valence-corrected chi connectivity index (χ4v) is 1.37. The fourth-order valence-electron chi connectivity index (χ4n) is 1.37. The van der Waals surface area contributed by atoms with E-state index in [1.807, 2.05) is 6.08 Å². The largest absolute Gasteiger partial charge is 0.309 e. The molecule has 1 atom stereocenters. The van der Waals surface area contributed by atoms with Gasteiger partial charge in [0.05, 0.1) is 18.0 Å². The van der Waals surface area contributed by atoms with Crippen LogP contribution in [0.3, 0.4) is 0 Å². The second-order valence-corrected chi connectivity index (χ2v) is 2.61. The Morgan fingerprint density at radius 1 is 1.60 bits per heavy atom. The number of nitrogens with zero attached hydrogens (tertiary/aromatic N) is 2. The Morgan fingerprint density at radius 3 is 3.20 bits per heavy atom. The van der Waals surface area contributed by atoms with Crippen molar-refractivity contribution in [2.24, 2.45) is 5.10 Å².